The molecule has 0 aliphatic rings. The summed E-state index contributed by atoms with van der Waals surface area (Å²) in [4.78, 5) is 0. The molecule has 0 amide bonds. The van der Waals surface area contributed by atoms with Crippen molar-refractivity contribution < 1.29 is 119 Å². The smallest absolute Gasteiger partial charge is 0.309 e. The van der Waals surface area contributed by atoms with Gasteiger partial charge in [-0.25, -0.2) is 0 Å². The molecule has 0 N–H and O–H groups in total. The molecule has 0 spiro atoms. The van der Waals surface area contributed by atoms with E-state index in [4.69, 9.17) is 0 Å². The third kappa shape index (κ3) is 14.0. The molecule has 0 aliphatic heterocycles. The summed E-state index contributed by atoms with van der Waals surface area (Å²) in [7, 11) is 0. The van der Waals surface area contributed by atoms with E-state index in [0.717, 1.165) is 78.9 Å². The summed E-state index contributed by atoms with van der Waals surface area (Å²) in [5.41, 5.74) is -23.1. The zero-order valence-electron chi connectivity index (χ0n) is 53.0. The average Bonchev–Trinajstić information content (AvgIpc) is 1.56. The summed E-state index contributed by atoms with van der Waals surface area (Å²) in [6.07, 6.45) is -48.5. The number of halogens is 27. The maximum atomic E-state index is 14.5. The average molecular weight is 1530 g/mol. The van der Waals surface area contributed by atoms with Gasteiger partial charge in [-0.3, -0.25) is 0 Å². The van der Waals surface area contributed by atoms with Gasteiger partial charge in [0.1, 0.15) is 0 Å². The van der Waals surface area contributed by atoms with Gasteiger partial charge in [0.2, 0.25) is 0 Å². The number of hydrogen-bond acceptors (Lipinski definition) is 2. The predicted octanol–water partition coefficient (Wildman–Crippen LogP) is 26.8. The number of nitrogens with zero attached hydrogens (tertiary/aromatic N) is 4. The van der Waals surface area contributed by atoms with Gasteiger partial charge in [0, 0.05) is 32.7 Å². The van der Waals surface area contributed by atoms with Crippen molar-refractivity contribution in [3.8, 4) is 90.3 Å². The van der Waals surface area contributed by atoms with Crippen LogP contribution in [0.5, 0.6) is 0 Å². The fourth-order valence-corrected chi connectivity index (χ4v) is 13.0. The quantitative estimate of drug-likeness (QED) is 0.142. The van der Waals surface area contributed by atoms with Crippen molar-refractivity contribution in [3.05, 3.63) is 261 Å². The number of hydrogen-bond donors (Lipinski definition) is 0. The molecule has 11 aromatic carbocycles. The van der Waals surface area contributed by atoms with Crippen LogP contribution in [-0.2, 0) is 55.6 Å². The Labute approximate surface area is 587 Å². The minimum Gasteiger partial charge on any atom is -0.309 e. The van der Waals surface area contributed by atoms with Crippen LogP contribution >= 0.6 is 0 Å². The summed E-state index contributed by atoms with van der Waals surface area (Å²) in [5, 5.41) is 20.3. The molecule has 0 unspecified atom stereocenters. The molecule has 0 radical (unpaired) electrons. The van der Waals surface area contributed by atoms with Crippen LogP contribution in [0.2, 0.25) is 0 Å². The van der Waals surface area contributed by atoms with E-state index in [9.17, 15) is 129 Å². The maximum Gasteiger partial charge on any atom is 0.416 e. The van der Waals surface area contributed by atoms with Gasteiger partial charge in [-0.2, -0.15) is 129 Å². The second-order valence-electron chi connectivity index (χ2n) is 24.7. The summed E-state index contributed by atoms with van der Waals surface area (Å²) in [6.45, 7) is 0. The van der Waals surface area contributed by atoms with Crippen molar-refractivity contribution >= 4 is 43.6 Å². The monoisotopic (exact) mass is 1530 g/mol. The van der Waals surface area contributed by atoms with Crippen molar-refractivity contribution in [1.29, 1.82) is 10.5 Å². The lowest BCUT2D eigenvalue weighted by Gasteiger charge is -2.21. The van der Waals surface area contributed by atoms with Crippen LogP contribution in [0, 0.1) is 22.7 Å². The Bertz CT molecular complexity index is 5550. The third-order valence-electron chi connectivity index (χ3n) is 17.9. The van der Waals surface area contributed by atoms with Crippen molar-refractivity contribution in [2.24, 2.45) is 0 Å². The molecule has 0 saturated heterocycles. The largest absolute Gasteiger partial charge is 0.416 e. The Morgan fingerprint density at radius 2 is 0.463 bits per heavy atom. The third-order valence-corrected chi connectivity index (χ3v) is 17.9. The van der Waals surface area contributed by atoms with Crippen LogP contribution in [-0.4, -0.2) is 9.13 Å². The van der Waals surface area contributed by atoms with Gasteiger partial charge >= 0.3 is 55.6 Å². The summed E-state index contributed by atoms with van der Waals surface area (Å²) < 4.78 is 393. The van der Waals surface area contributed by atoms with E-state index in [1.54, 1.807) is 6.07 Å². The molecule has 4 nitrogen and oxygen atoms in total. The Kier molecular flexibility index (Phi) is 17.5. The number of rotatable bonds is 8. The highest BCUT2D eigenvalue weighted by Crippen LogP contribution is 2.50. The first-order valence-corrected chi connectivity index (χ1v) is 30.7. The molecule has 2 heterocycles. The number of benzene rings is 11. The van der Waals surface area contributed by atoms with Crippen LogP contribution in [0.4, 0.5) is 119 Å². The van der Waals surface area contributed by atoms with Gasteiger partial charge in [-0.15, -0.1) is 0 Å². The van der Waals surface area contributed by atoms with E-state index in [1.165, 1.54) is 45.5 Å². The van der Waals surface area contributed by atoms with Crippen molar-refractivity contribution in [2.45, 2.75) is 55.6 Å². The fourth-order valence-electron chi connectivity index (χ4n) is 13.0. The van der Waals surface area contributed by atoms with Crippen LogP contribution in [0.1, 0.15) is 61.2 Å². The molecule has 0 aliphatic carbocycles. The number of fused-ring (bicyclic) bond motifs is 6. The van der Waals surface area contributed by atoms with Gasteiger partial charge < -0.3 is 9.13 Å². The molecule has 0 fully saturated rings. The van der Waals surface area contributed by atoms with Crippen LogP contribution in [0.15, 0.2) is 200 Å². The molecule has 13 aromatic rings. The Balaban J connectivity index is 1.16. The molecule has 0 saturated carbocycles. The molecule has 108 heavy (non-hydrogen) atoms. The Morgan fingerprint density at radius 1 is 0.204 bits per heavy atom. The van der Waals surface area contributed by atoms with E-state index < -0.39 is 156 Å². The topological polar surface area (TPSA) is 57.4 Å². The lowest BCUT2D eigenvalue weighted by Crippen LogP contribution is -2.11. The van der Waals surface area contributed by atoms with Gasteiger partial charge in [0.15, 0.2) is 0 Å². The van der Waals surface area contributed by atoms with Gasteiger partial charge in [0.25, 0.3) is 0 Å². The normalized spacial score (nSPS) is 13.1. The summed E-state index contributed by atoms with van der Waals surface area (Å²) in [6, 6.07) is 27.7. The second kappa shape index (κ2) is 25.4. The minimum absolute atomic E-state index is 0.143. The summed E-state index contributed by atoms with van der Waals surface area (Å²) in [5.74, 6) is 0. The highest BCUT2D eigenvalue weighted by atomic mass is 19.4. The van der Waals surface area contributed by atoms with Gasteiger partial charge in [0.05, 0.1) is 107 Å². The highest BCUT2D eigenvalue weighted by Gasteiger charge is 2.42. The second-order valence-corrected chi connectivity index (χ2v) is 24.7. The van der Waals surface area contributed by atoms with Crippen molar-refractivity contribution in [3.63, 3.8) is 0 Å². The van der Waals surface area contributed by atoms with E-state index in [0.29, 0.717) is 60.7 Å². The molecule has 2 aromatic heterocycles. The SMILES string of the molecule is N#Cc1ccc(-n2c3ccc(-c4cc(C(F)(F)F)cc(C(F)(F)F)c4)cc3c3cc(-c4cc(C(F)(F)F)cc(C(F)(F)F)c4)ccc32)c(-c2cc(-c3ccc(C(F)(F)F)cc3C#N)ccc2-n2c3ccc(-c4cc(C(F)(F)F)cc(C(F)(F)F)c4)cc3c3cc(-c4cc(C(F)(F)F)cc(C(F)(F)F)c4)ccc32)c1. The molecule has 13 rings (SSSR count). The molecule has 31 heteroatoms. The first-order valence-electron chi connectivity index (χ1n) is 30.7. The molecular weight excluding hydrogens is 1490 g/mol. The van der Waals surface area contributed by atoms with E-state index >= 15 is 0 Å². The van der Waals surface area contributed by atoms with Gasteiger partial charge in [-0.05, 0) is 219 Å². The number of nitriles is 2. The fraction of sp³-hybridized carbons (Fsp3) is 0.117. The first-order chi connectivity index (χ1) is 50.1. The zero-order chi connectivity index (χ0) is 78.5. The van der Waals surface area contributed by atoms with Crippen LogP contribution in [0.3, 0.4) is 0 Å². The Hall–Kier alpha value is -11.9. The van der Waals surface area contributed by atoms with E-state index in [-0.39, 0.29) is 107 Å². The van der Waals surface area contributed by atoms with Crippen LogP contribution in [0.25, 0.3) is 122 Å². The molecule has 0 bridgehead atoms. The van der Waals surface area contributed by atoms with Crippen molar-refractivity contribution in [1.82, 2.24) is 9.13 Å². The Morgan fingerprint density at radius 3 is 0.722 bits per heavy atom. The zero-order valence-corrected chi connectivity index (χ0v) is 53.0. The lowest BCUT2D eigenvalue weighted by molar-refractivity contribution is -0.144. The number of alkyl halides is 27. The molecular formula is C77H33F27N4. The summed E-state index contributed by atoms with van der Waals surface area (Å²) >= 11 is 0. The van der Waals surface area contributed by atoms with E-state index in [1.807, 2.05) is 6.07 Å². The standard InChI is InChI=1S/C77H33F27N4/c78-69(79,80)47-7-8-56(46(24-47)35-106)41-6-14-68(108-66-12-4-39(44-20-52(74(93,94)95)32-53(21-44)75(96,97)98)27-60(66)61-28-40(5-13-67(61)108)45-22-54(76(99,100)101)33-55(23-45)77(102,103)104)62(29-41)57-15-36(34-105)1-9-63(57)107-64-10-2-37(42-16-48(70(81,82)83)30-49(17-42)71(84,85)86)25-58(64)59-26-38(3-11-65(59)107)43-18-50(72(87,88)89)31-51(19-43)73(90,91)92/h1-33H. The van der Waals surface area contributed by atoms with E-state index in [2.05, 4.69) is 0 Å². The van der Waals surface area contributed by atoms with Gasteiger partial charge in [-0.1, -0.05) is 36.4 Å². The minimum atomic E-state index is -5.43. The maximum absolute atomic E-state index is 14.5. The van der Waals surface area contributed by atoms with Crippen LogP contribution < -0.4 is 0 Å². The highest BCUT2D eigenvalue weighted by molar-refractivity contribution is 6.14. The van der Waals surface area contributed by atoms with Crippen molar-refractivity contribution in [2.75, 3.05) is 0 Å². The predicted molar refractivity (Wildman–Crippen MR) is 342 cm³/mol. The molecule has 0 atom stereocenters. The lowest BCUT2D eigenvalue weighted by atomic mass is 9.92. The molecule has 550 valence electrons. The number of aromatic nitrogens is 2. The first kappa shape index (κ1) is 74.4.